The number of hydrogen-bond donors (Lipinski definition) is 0. The molecule has 1 unspecified atom stereocenters. The molecule has 0 saturated carbocycles. The molecule has 2 aromatic carbocycles. The molecule has 0 fully saturated rings. The summed E-state index contributed by atoms with van der Waals surface area (Å²) in [6, 6.07) is 11.9. The van der Waals surface area contributed by atoms with Crippen LogP contribution in [0.1, 0.15) is 25.8 Å². The molecule has 5 nitrogen and oxygen atoms in total. The molecule has 29 heavy (non-hydrogen) atoms. The SMILES string of the molecule is CCn1c(SCC(=O)N2c3ccc(F)cc3CCC2C)nc2ccccc2c1=O. The molecule has 4 rings (SSSR count). The van der Waals surface area contributed by atoms with Gasteiger partial charge in [0, 0.05) is 18.3 Å². The first-order valence-electron chi connectivity index (χ1n) is 9.72. The Morgan fingerprint density at radius 1 is 1.28 bits per heavy atom. The van der Waals surface area contributed by atoms with Gasteiger partial charge in [0.05, 0.1) is 16.7 Å². The Labute approximate surface area is 172 Å². The number of fused-ring (bicyclic) bond motifs is 2. The van der Waals surface area contributed by atoms with Crippen LogP contribution in [0.2, 0.25) is 0 Å². The van der Waals surface area contributed by atoms with E-state index in [0.717, 1.165) is 24.1 Å². The summed E-state index contributed by atoms with van der Waals surface area (Å²) < 4.78 is 15.2. The van der Waals surface area contributed by atoms with Gasteiger partial charge < -0.3 is 4.90 Å². The number of carbonyl (C=O) groups excluding carboxylic acids is 1. The summed E-state index contributed by atoms with van der Waals surface area (Å²) in [5.74, 6) is -0.195. The second-order valence-corrected chi connectivity index (χ2v) is 8.12. The van der Waals surface area contributed by atoms with E-state index < -0.39 is 0 Å². The number of thioether (sulfide) groups is 1. The predicted molar refractivity (Wildman–Crippen MR) is 114 cm³/mol. The van der Waals surface area contributed by atoms with Crippen molar-refractivity contribution in [3.8, 4) is 0 Å². The summed E-state index contributed by atoms with van der Waals surface area (Å²) in [5.41, 5.74) is 2.16. The summed E-state index contributed by atoms with van der Waals surface area (Å²) in [6.45, 7) is 4.38. The number of amides is 1. The van der Waals surface area contributed by atoms with Gasteiger partial charge in [0.1, 0.15) is 5.82 Å². The Bertz CT molecular complexity index is 1140. The van der Waals surface area contributed by atoms with Gasteiger partial charge in [0.15, 0.2) is 5.16 Å². The number of hydrogen-bond acceptors (Lipinski definition) is 4. The van der Waals surface area contributed by atoms with Gasteiger partial charge in [-0.05, 0) is 62.6 Å². The number of anilines is 1. The summed E-state index contributed by atoms with van der Waals surface area (Å²) in [6.07, 6.45) is 1.55. The van der Waals surface area contributed by atoms with Crippen molar-refractivity contribution in [3.63, 3.8) is 0 Å². The van der Waals surface area contributed by atoms with Crippen LogP contribution in [0.15, 0.2) is 52.4 Å². The van der Waals surface area contributed by atoms with E-state index in [4.69, 9.17) is 0 Å². The fraction of sp³-hybridized carbons (Fsp3) is 0.318. The quantitative estimate of drug-likeness (QED) is 0.481. The molecule has 0 bridgehead atoms. The zero-order chi connectivity index (χ0) is 20.5. The third-order valence-electron chi connectivity index (χ3n) is 5.31. The zero-order valence-electron chi connectivity index (χ0n) is 16.4. The van der Waals surface area contributed by atoms with Crippen molar-refractivity contribution in [3.05, 3.63) is 64.2 Å². The van der Waals surface area contributed by atoms with Crippen LogP contribution in [0.3, 0.4) is 0 Å². The number of carbonyl (C=O) groups is 1. The first-order valence-corrected chi connectivity index (χ1v) is 10.7. The van der Waals surface area contributed by atoms with E-state index in [-0.39, 0.29) is 29.1 Å². The van der Waals surface area contributed by atoms with Gasteiger partial charge in [-0.2, -0.15) is 0 Å². The molecule has 0 N–H and O–H groups in total. The molecular weight excluding hydrogens is 389 g/mol. The van der Waals surface area contributed by atoms with Gasteiger partial charge in [0.2, 0.25) is 5.91 Å². The van der Waals surface area contributed by atoms with Crippen LogP contribution in [0.4, 0.5) is 10.1 Å². The van der Waals surface area contributed by atoms with Crippen molar-refractivity contribution in [2.45, 2.75) is 44.4 Å². The maximum atomic E-state index is 13.6. The van der Waals surface area contributed by atoms with Gasteiger partial charge in [-0.3, -0.25) is 14.2 Å². The number of aromatic nitrogens is 2. The standard InChI is InChI=1S/C22H22FN3O2S/c1-3-25-21(28)17-6-4-5-7-18(17)24-22(25)29-13-20(27)26-14(2)8-9-15-12-16(23)10-11-19(15)26/h4-7,10-12,14H,3,8-9,13H2,1-2H3. The highest BCUT2D eigenvalue weighted by molar-refractivity contribution is 7.99. The van der Waals surface area contributed by atoms with E-state index in [0.29, 0.717) is 22.6 Å². The van der Waals surface area contributed by atoms with Crippen LogP contribution in [0.25, 0.3) is 10.9 Å². The van der Waals surface area contributed by atoms with Crippen LogP contribution in [0, 0.1) is 5.82 Å². The molecule has 1 aromatic heterocycles. The second-order valence-electron chi connectivity index (χ2n) is 7.17. The van der Waals surface area contributed by atoms with Crippen LogP contribution in [0.5, 0.6) is 0 Å². The van der Waals surface area contributed by atoms with E-state index in [1.165, 1.54) is 23.9 Å². The first kappa shape index (κ1) is 19.6. The number of halogens is 1. The van der Waals surface area contributed by atoms with Crippen molar-refractivity contribution in [1.29, 1.82) is 0 Å². The molecule has 1 atom stereocenters. The Morgan fingerprint density at radius 2 is 2.07 bits per heavy atom. The molecule has 150 valence electrons. The molecular formula is C22H22FN3O2S. The topological polar surface area (TPSA) is 55.2 Å². The maximum absolute atomic E-state index is 13.6. The highest BCUT2D eigenvalue weighted by Crippen LogP contribution is 2.32. The molecule has 7 heteroatoms. The minimum absolute atomic E-state index is 0.0407. The van der Waals surface area contributed by atoms with Gasteiger partial charge >= 0.3 is 0 Å². The molecule has 1 aliphatic rings. The minimum Gasteiger partial charge on any atom is -0.309 e. The molecule has 0 radical (unpaired) electrons. The van der Waals surface area contributed by atoms with E-state index in [9.17, 15) is 14.0 Å². The van der Waals surface area contributed by atoms with Crippen LogP contribution in [-0.4, -0.2) is 27.3 Å². The smallest absolute Gasteiger partial charge is 0.262 e. The first-order chi connectivity index (χ1) is 14.0. The highest BCUT2D eigenvalue weighted by atomic mass is 32.2. The van der Waals surface area contributed by atoms with Crippen molar-refractivity contribution in [1.82, 2.24) is 9.55 Å². The van der Waals surface area contributed by atoms with Crippen LogP contribution >= 0.6 is 11.8 Å². The molecule has 0 saturated heterocycles. The lowest BCUT2D eigenvalue weighted by atomic mass is 9.96. The lowest BCUT2D eigenvalue weighted by Crippen LogP contribution is -2.43. The summed E-state index contributed by atoms with van der Waals surface area (Å²) in [5, 5.41) is 1.11. The minimum atomic E-state index is -0.285. The van der Waals surface area contributed by atoms with Crippen molar-refractivity contribution >= 4 is 34.3 Å². The zero-order valence-corrected chi connectivity index (χ0v) is 17.2. The summed E-state index contributed by atoms with van der Waals surface area (Å²) in [7, 11) is 0. The van der Waals surface area contributed by atoms with E-state index in [2.05, 4.69) is 4.98 Å². The van der Waals surface area contributed by atoms with Gasteiger partial charge in [0.25, 0.3) is 5.56 Å². The Morgan fingerprint density at radius 3 is 2.86 bits per heavy atom. The molecule has 2 heterocycles. The number of rotatable bonds is 4. The highest BCUT2D eigenvalue weighted by Gasteiger charge is 2.28. The Hall–Kier alpha value is -2.67. The van der Waals surface area contributed by atoms with E-state index in [1.807, 2.05) is 26.0 Å². The normalized spacial score (nSPS) is 16.1. The van der Waals surface area contributed by atoms with Gasteiger partial charge in [-0.1, -0.05) is 23.9 Å². The molecule has 1 aliphatic heterocycles. The number of benzene rings is 2. The van der Waals surface area contributed by atoms with Crippen molar-refractivity contribution in [2.24, 2.45) is 0 Å². The monoisotopic (exact) mass is 411 g/mol. The fourth-order valence-corrected chi connectivity index (χ4v) is 4.76. The molecule has 0 spiro atoms. The van der Waals surface area contributed by atoms with Crippen LogP contribution in [-0.2, 0) is 17.8 Å². The average molecular weight is 412 g/mol. The van der Waals surface area contributed by atoms with Gasteiger partial charge in [-0.15, -0.1) is 0 Å². The maximum Gasteiger partial charge on any atom is 0.262 e. The molecule has 0 aliphatic carbocycles. The van der Waals surface area contributed by atoms with Crippen molar-refractivity contribution < 1.29 is 9.18 Å². The second kappa shape index (κ2) is 7.99. The number of aryl methyl sites for hydroxylation is 1. The van der Waals surface area contributed by atoms with Gasteiger partial charge in [-0.25, -0.2) is 9.37 Å². The average Bonchev–Trinajstić information content (AvgIpc) is 2.72. The Kier molecular flexibility index (Phi) is 5.41. The molecule has 3 aromatic rings. The predicted octanol–water partition coefficient (Wildman–Crippen LogP) is 4.02. The molecule has 1 amide bonds. The van der Waals surface area contributed by atoms with E-state index >= 15 is 0 Å². The summed E-state index contributed by atoms with van der Waals surface area (Å²) >= 11 is 1.27. The number of nitrogens with zero attached hydrogens (tertiary/aromatic N) is 3. The lowest BCUT2D eigenvalue weighted by molar-refractivity contribution is -0.116. The van der Waals surface area contributed by atoms with Crippen molar-refractivity contribution in [2.75, 3.05) is 10.7 Å². The number of para-hydroxylation sites is 1. The fourth-order valence-electron chi connectivity index (χ4n) is 3.83. The lowest BCUT2D eigenvalue weighted by Gasteiger charge is -2.35. The Balaban J connectivity index is 1.62. The third kappa shape index (κ3) is 3.67. The summed E-state index contributed by atoms with van der Waals surface area (Å²) in [4.78, 5) is 32.2. The third-order valence-corrected chi connectivity index (χ3v) is 6.27. The van der Waals surface area contributed by atoms with Crippen LogP contribution < -0.4 is 10.5 Å². The van der Waals surface area contributed by atoms with E-state index in [1.54, 1.807) is 27.7 Å². The largest absolute Gasteiger partial charge is 0.309 e.